The van der Waals surface area contributed by atoms with Crippen molar-refractivity contribution in [3.63, 3.8) is 0 Å². The van der Waals surface area contributed by atoms with Crippen LogP contribution in [-0.4, -0.2) is 56.2 Å². The number of rotatable bonds is 8. The lowest BCUT2D eigenvalue weighted by Crippen LogP contribution is -2.51. The summed E-state index contributed by atoms with van der Waals surface area (Å²) in [6.07, 6.45) is 1.54. The maximum absolute atomic E-state index is 12.7. The first kappa shape index (κ1) is 19.6. The van der Waals surface area contributed by atoms with Gasteiger partial charge < -0.3 is 24.5 Å². The van der Waals surface area contributed by atoms with Crippen LogP contribution in [0.2, 0.25) is 0 Å². The topological polar surface area (TPSA) is 112 Å². The average molecular weight is 387 g/mol. The third kappa shape index (κ3) is 4.21. The van der Waals surface area contributed by atoms with Crippen LogP contribution in [0.3, 0.4) is 0 Å². The zero-order valence-corrected chi connectivity index (χ0v) is 15.4. The minimum atomic E-state index is -1.11. The highest BCUT2D eigenvalue weighted by Crippen LogP contribution is 2.34. The van der Waals surface area contributed by atoms with Gasteiger partial charge in [0.15, 0.2) is 0 Å². The third-order valence-corrected chi connectivity index (χ3v) is 4.37. The predicted molar refractivity (Wildman–Crippen MR) is 100 cm³/mol. The van der Waals surface area contributed by atoms with Crippen LogP contribution in [0.25, 0.3) is 0 Å². The van der Waals surface area contributed by atoms with E-state index in [1.807, 2.05) is 0 Å². The van der Waals surface area contributed by atoms with Crippen molar-refractivity contribution in [3.8, 4) is 0 Å². The quantitative estimate of drug-likeness (QED) is 0.697. The summed E-state index contributed by atoms with van der Waals surface area (Å²) in [5.41, 5.74) is 0.916. The molecule has 3 rings (SSSR count). The fraction of sp³-hybridized carbons (Fsp3) is 0.316. The molecule has 0 unspecified atom stereocenters. The number of nitrogens with one attached hydrogen (secondary N) is 1. The summed E-state index contributed by atoms with van der Waals surface area (Å²) in [7, 11) is 1.53. The van der Waals surface area contributed by atoms with Crippen molar-refractivity contribution in [3.05, 3.63) is 47.9 Å². The molecule has 1 aliphatic rings. The van der Waals surface area contributed by atoms with Gasteiger partial charge in [0.1, 0.15) is 12.3 Å². The molecule has 2 heterocycles. The SMILES string of the molecule is COCCN1C(=O)CN(C(=O)CNCc2ccco2)c2cc(C(=O)O)ccc21. The Labute approximate surface area is 161 Å². The van der Waals surface area contributed by atoms with Gasteiger partial charge in [0.05, 0.1) is 42.9 Å². The number of carboxylic acid groups (broad SMARTS) is 1. The first-order chi connectivity index (χ1) is 13.5. The number of hydrogen-bond acceptors (Lipinski definition) is 6. The Balaban J connectivity index is 1.82. The number of methoxy groups -OCH3 is 1. The minimum Gasteiger partial charge on any atom is -0.478 e. The van der Waals surface area contributed by atoms with E-state index >= 15 is 0 Å². The number of carbonyl (C=O) groups is 3. The van der Waals surface area contributed by atoms with Crippen molar-refractivity contribution >= 4 is 29.2 Å². The maximum Gasteiger partial charge on any atom is 0.335 e. The number of hydrogen-bond donors (Lipinski definition) is 2. The van der Waals surface area contributed by atoms with E-state index in [1.165, 1.54) is 29.0 Å². The lowest BCUT2D eigenvalue weighted by Gasteiger charge is -2.36. The van der Waals surface area contributed by atoms with Gasteiger partial charge in [-0.2, -0.15) is 0 Å². The Morgan fingerprint density at radius 2 is 2.11 bits per heavy atom. The smallest absolute Gasteiger partial charge is 0.335 e. The lowest BCUT2D eigenvalue weighted by atomic mass is 10.1. The van der Waals surface area contributed by atoms with E-state index in [0.717, 1.165) is 0 Å². The molecule has 1 aromatic carbocycles. The van der Waals surface area contributed by atoms with Gasteiger partial charge in [0, 0.05) is 13.7 Å². The normalized spacial score (nSPS) is 13.5. The molecule has 0 atom stereocenters. The molecule has 0 fully saturated rings. The summed E-state index contributed by atoms with van der Waals surface area (Å²) in [6.45, 7) is 0.810. The van der Waals surface area contributed by atoms with Crippen LogP contribution in [0.1, 0.15) is 16.1 Å². The second kappa shape index (κ2) is 8.68. The van der Waals surface area contributed by atoms with Crippen molar-refractivity contribution in [2.45, 2.75) is 6.54 Å². The fourth-order valence-electron chi connectivity index (χ4n) is 2.99. The average Bonchev–Trinajstić information content (AvgIpc) is 3.19. The molecule has 148 valence electrons. The van der Waals surface area contributed by atoms with E-state index in [1.54, 1.807) is 24.5 Å². The van der Waals surface area contributed by atoms with Crippen molar-refractivity contribution in [1.29, 1.82) is 0 Å². The molecule has 1 aliphatic heterocycles. The Kier molecular flexibility index (Phi) is 6.07. The first-order valence-electron chi connectivity index (χ1n) is 8.71. The van der Waals surface area contributed by atoms with Crippen molar-refractivity contribution < 1.29 is 28.6 Å². The zero-order chi connectivity index (χ0) is 20.1. The van der Waals surface area contributed by atoms with Crippen molar-refractivity contribution in [2.24, 2.45) is 0 Å². The van der Waals surface area contributed by atoms with Crippen LogP contribution < -0.4 is 15.1 Å². The highest BCUT2D eigenvalue weighted by atomic mass is 16.5. The molecule has 2 amide bonds. The van der Waals surface area contributed by atoms with Crippen LogP contribution in [0.15, 0.2) is 41.0 Å². The summed E-state index contributed by atoms with van der Waals surface area (Å²) in [4.78, 5) is 39.5. The summed E-state index contributed by atoms with van der Waals surface area (Å²) in [5, 5.41) is 12.3. The molecule has 0 saturated heterocycles. The number of carbonyl (C=O) groups excluding carboxylic acids is 2. The molecular weight excluding hydrogens is 366 g/mol. The molecule has 0 aliphatic carbocycles. The van der Waals surface area contributed by atoms with Crippen LogP contribution in [-0.2, 0) is 20.9 Å². The highest BCUT2D eigenvalue weighted by molar-refractivity contribution is 6.12. The number of anilines is 2. The van der Waals surface area contributed by atoms with E-state index < -0.39 is 5.97 Å². The van der Waals surface area contributed by atoms with E-state index in [9.17, 15) is 19.5 Å². The molecule has 9 heteroatoms. The van der Waals surface area contributed by atoms with Crippen LogP contribution >= 0.6 is 0 Å². The van der Waals surface area contributed by atoms with Gasteiger partial charge in [0.25, 0.3) is 0 Å². The molecule has 2 aromatic rings. The van der Waals surface area contributed by atoms with Crippen LogP contribution in [0.5, 0.6) is 0 Å². The molecule has 28 heavy (non-hydrogen) atoms. The number of carboxylic acids is 1. The number of fused-ring (bicyclic) bond motifs is 1. The number of amides is 2. The van der Waals surface area contributed by atoms with E-state index in [4.69, 9.17) is 9.15 Å². The molecule has 2 N–H and O–H groups in total. The van der Waals surface area contributed by atoms with Crippen molar-refractivity contribution in [2.75, 3.05) is 43.2 Å². The molecule has 0 saturated carbocycles. The Morgan fingerprint density at radius 1 is 1.29 bits per heavy atom. The standard InChI is InChI=1S/C19H21N3O6/c1-27-8-6-21-15-5-4-13(19(25)26)9-16(15)22(12-18(21)24)17(23)11-20-10-14-3-2-7-28-14/h2-5,7,9,20H,6,8,10-12H2,1H3,(H,25,26). The van der Waals surface area contributed by atoms with Gasteiger partial charge in [-0.3, -0.25) is 14.5 Å². The van der Waals surface area contributed by atoms with E-state index in [0.29, 0.717) is 36.8 Å². The number of furan rings is 1. The van der Waals surface area contributed by atoms with Crippen LogP contribution in [0, 0.1) is 0 Å². The van der Waals surface area contributed by atoms with Gasteiger partial charge in [-0.1, -0.05) is 0 Å². The number of ether oxygens (including phenoxy) is 1. The molecule has 0 bridgehead atoms. The Morgan fingerprint density at radius 3 is 2.79 bits per heavy atom. The molecule has 0 spiro atoms. The maximum atomic E-state index is 12.7. The first-order valence-corrected chi connectivity index (χ1v) is 8.71. The van der Waals surface area contributed by atoms with Gasteiger partial charge in [-0.05, 0) is 30.3 Å². The lowest BCUT2D eigenvalue weighted by molar-refractivity contribution is -0.122. The molecule has 1 aromatic heterocycles. The second-order valence-corrected chi connectivity index (χ2v) is 6.21. The largest absolute Gasteiger partial charge is 0.478 e. The summed E-state index contributed by atoms with van der Waals surface area (Å²) >= 11 is 0. The van der Waals surface area contributed by atoms with Gasteiger partial charge >= 0.3 is 5.97 Å². The van der Waals surface area contributed by atoms with Gasteiger partial charge in [-0.25, -0.2) is 4.79 Å². The number of nitrogens with zero attached hydrogens (tertiary/aromatic N) is 2. The summed E-state index contributed by atoms with van der Waals surface area (Å²) in [5.74, 6) is -1.02. The monoisotopic (exact) mass is 387 g/mol. The summed E-state index contributed by atoms with van der Waals surface area (Å²) in [6, 6.07) is 7.90. The van der Waals surface area contributed by atoms with Gasteiger partial charge in [0.2, 0.25) is 11.8 Å². The third-order valence-electron chi connectivity index (χ3n) is 4.37. The molecule has 0 radical (unpaired) electrons. The molecular formula is C19H21N3O6. The number of benzene rings is 1. The highest BCUT2D eigenvalue weighted by Gasteiger charge is 2.32. The number of aromatic carboxylic acids is 1. The van der Waals surface area contributed by atoms with E-state index in [2.05, 4.69) is 5.32 Å². The zero-order valence-electron chi connectivity index (χ0n) is 15.4. The van der Waals surface area contributed by atoms with Crippen molar-refractivity contribution in [1.82, 2.24) is 5.32 Å². The Bertz CT molecular complexity index is 865. The Hall–Kier alpha value is -3.17. The summed E-state index contributed by atoms with van der Waals surface area (Å²) < 4.78 is 10.2. The fourth-order valence-corrected chi connectivity index (χ4v) is 2.99. The minimum absolute atomic E-state index is 0.0250. The van der Waals surface area contributed by atoms with Gasteiger partial charge in [-0.15, -0.1) is 0 Å². The van der Waals surface area contributed by atoms with E-state index in [-0.39, 0.29) is 30.5 Å². The second-order valence-electron chi connectivity index (χ2n) is 6.21. The molecule has 9 nitrogen and oxygen atoms in total. The van der Waals surface area contributed by atoms with Crippen LogP contribution in [0.4, 0.5) is 11.4 Å². The predicted octanol–water partition coefficient (Wildman–Crippen LogP) is 1.09.